The van der Waals surface area contributed by atoms with Crippen molar-refractivity contribution in [3.05, 3.63) is 71.8 Å². The first-order chi connectivity index (χ1) is 37.3. The van der Waals surface area contributed by atoms with Gasteiger partial charge in [-0.3, -0.25) is 0 Å². The van der Waals surface area contributed by atoms with Gasteiger partial charge in [-0.25, -0.2) is 0 Å². The van der Waals surface area contributed by atoms with Crippen molar-refractivity contribution in [2.75, 3.05) is 0 Å². The van der Waals surface area contributed by atoms with Gasteiger partial charge in [0.15, 0.2) is 0 Å². The summed E-state index contributed by atoms with van der Waals surface area (Å²) < 4.78 is 0. The van der Waals surface area contributed by atoms with Crippen molar-refractivity contribution in [1.82, 2.24) is 0 Å². The van der Waals surface area contributed by atoms with E-state index in [1.54, 1.807) is 114 Å². The average Bonchev–Trinajstić information content (AvgIpc) is 4.41. The summed E-state index contributed by atoms with van der Waals surface area (Å²) in [5.41, 5.74) is 7.65. The molecule has 0 nitrogen and oxygen atoms in total. The minimum atomic E-state index is -1.57. The van der Waals surface area contributed by atoms with Crippen molar-refractivity contribution in [1.29, 1.82) is 0 Å². The quantitative estimate of drug-likeness (QED) is 0.123. The summed E-state index contributed by atoms with van der Waals surface area (Å²) in [6.07, 6.45) is 44.6. The summed E-state index contributed by atoms with van der Waals surface area (Å²) in [6, 6.07) is 23.9. The fourth-order valence-electron chi connectivity index (χ4n) is 26.9. The highest BCUT2D eigenvalue weighted by atomic mass is 28.3. The van der Waals surface area contributed by atoms with Crippen molar-refractivity contribution < 1.29 is 0 Å². The molecular formula is C75H120Si2. The zero-order chi connectivity index (χ0) is 53.2. The minimum absolute atomic E-state index is 0.820. The van der Waals surface area contributed by atoms with E-state index in [-0.39, 0.29) is 0 Å². The van der Waals surface area contributed by atoms with Gasteiger partial charge in [-0.1, -0.05) is 243 Å². The van der Waals surface area contributed by atoms with E-state index in [1.165, 1.54) is 83.5 Å². The van der Waals surface area contributed by atoms with Crippen LogP contribution in [-0.2, 0) is 0 Å². The van der Waals surface area contributed by atoms with Gasteiger partial charge in [0.1, 0.15) is 0 Å². The van der Waals surface area contributed by atoms with E-state index in [9.17, 15) is 0 Å². The van der Waals surface area contributed by atoms with Crippen molar-refractivity contribution >= 4 is 16.1 Å². The molecule has 0 aromatic heterocycles. The largest absolute Gasteiger partial charge is 0.0689 e. The Bertz CT molecular complexity index is 2180. The monoisotopic (exact) mass is 1080 g/mol. The van der Waals surface area contributed by atoms with Crippen LogP contribution < -0.4 is 0 Å². The molecule has 0 spiro atoms. The molecule has 10 aliphatic carbocycles. The number of benzene rings is 2. The molecule has 0 aliphatic heterocycles. The summed E-state index contributed by atoms with van der Waals surface area (Å²) in [5, 5.41) is 0. The molecular weight excluding hydrogens is 957 g/mol. The number of hydrogen-bond donors (Lipinski definition) is 0. The normalized spacial score (nSPS) is 45.4. The zero-order valence-corrected chi connectivity index (χ0v) is 53.7. The maximum Gasteiger partial charge on any atom is 0.0547 e. The van der Waals surface area contributed by atoms with Gasteiger partial charge in [-0.2, -0.15) is 0 Å². The van der Waals surface area contributed by atoms with E-state index in [0.29, 0.717) is 0 Å². The van der Waals surface area contributed by atoms with E-state index in [4.69, 9.17) is 0 Å². The van der Waals surface area contributed by atoms with Crippen LogP contribution in [0.1, 0.15) is 244 Å². The molecule has 2 heteroatoms. The molecule has 0 N–H and O–H groups in total. The van der Waals surface area contributed by atoms with Gasteiger partial charge in [0.25, 0.3) is 0 Å². The topological polar surface area (TPSA) is 0 Å². The molecule has 10 fully saturated rings. The van der Waals surface area contributed by atoms with Gasteiger partial charge in [0.05, 0.1) is 16.1 Å². The maximum atomic E-state index is 3.03. The second-order valence-corrected chi connectivity index (χ2v) is 42.9. The van der Waals surface area contributed by atoms with Crippen LogP contribution in [0.2, 0.25) is 48.4 Å². The number of fused-ring (bicyclic) bond motifs is 4. The lowest BCUT2D eigenvalue weighted by Crippen LogP contribution is -2.48. The Morgan fingerprint density at radius 3 is 1.16 bits per heavy atom. The van der Waals surface area contributed by atoms with Crippen LogP contribution in [0.15, 0.2) is 60.7 Å². The summed E-state index contributed by atoms with van der Waals surface area (Å²) in [4.78, 5) is 0. The highest BCUT2D eigenvalue weighted by Crippen LogP contribution is 2.70. The summed E-state index contributed by atoms with van der Waals surface area (Å²) >= 11 is 0. The molecule has 0 bridgehead atoms. The fraction of sp³-hybridized carbons (Fsp3) is 0.840. The van der Waals surface area contributed by atoms with Gasteiger partial charge in [-0.05, 0) is 222 Å². The van der Waals surface area contributed by atoms with Gasteiger partial charge >= 0.3 is 0 Å². The highest BCUT2D eigenvalue weighted by molar-refractivity contribution is 6.81. The van der Waals surface area contributed by atoms with E-state index in [0.717, 1.165) is 146 Å². The second-order valence-electron chi connectivity index (χ2n) is 33.0. The molecule has 77 heavy (non-hydrogen) atoms. The van der Waals surface area contributed by atoms with Crippen LogP contribution in [0, 0.1) is 112 Å². The molecule has 0 radical (unpaired) electrons. The molecule has 2 aromatic carbocycles. The fourth-order valence-corrected chi connectivity index (χ4v) is 40.3. The van der Waals surface area contributed by atoms with Crippen LogP contribution in [0.25, 0.3) is 0 Å². The second kappa shape index (κ2) is 23.9. The van der Waals surface area contributed by atoms with Crippen LogP contribution in [0.5, 0.6) is 0 Å². The Labute approximate surface area is 478 Å². The Balaban J connectivity index is 0.661. The lowest BCUT2D eigenvalue weighted by atomic mass is 9.61. The third-order valence-electron chi connectivity index (χ3n) is 28.6. The standard InChI is InChI=1S/C75H120Si2/c1-49(2)67-48-69-56(34-24-42-64(69)75(67)77(8,9)74-52(5)47-71-62(40-26-44-66(71)74)60-38-22-20-36-58(60)54-29-15-11-16-30-54)32-18-12-17-31-55-33-23-41-63-68(55)45-50(3)72(63)76(6,7)73-51(4)46-70-61(39-25-43-65(70)73)59-37-21-19-35-57(59)53-27-13-10-14-28-53/h10-11,13-16,27-30,49-52,55-75H,12,17-26,31-48H2,1-9H3. The van der Waals surface area contributed by atoms with Crippen molar-refractivity contribution in [3.63, 3.8) is 0 Å². The van der Waals surface area contributed by atoms with Crippen molar-refractivity contribution in [2.24, 2.45) is 112 Å². The first kappa shape index (κ1) is 56.4. The average molecular weight is 1080 g/mol. The van der Waals surface area contributed by atoms with Crippen LogP contribution >= 0.6 is 0 Å². The third kappa shape index (κ3) is 10.7. The van der Waals surface area contributed by atoms with E-state index >= 15 is 0 Å². The van der Waals surface area contributed by atoms with Crippen LogP contribution in [0.3, 0.4) is 0 Å². The molecule has 10 aliphatic rings. The SMILES string of the molecule is CC(C)C1CC2C(CCCCCC3CCCC4C3CC(C)C4[Si](C)(C)C3C(C)CC4C(C5CCCCC5c5ccccc5)CCCC43)CCCC2C1[Si](C)(C)C1C(C)CC2C(C3CCCCC3c3ccccc3)CCCC21. The summed E-state index contributed by atoms with van der Waals surface area (Å²) in [6.45, 7) is 25.8. The van der Waals surface area contributed by atoms with Gasteiger partial charge < -0.3 is 0 Å². The van der Waals surface area contributed by atoms with Gasteiger partial charge in [0, 0.05) is 0 Å². The minimum Gasteiger partial charge on any atom is -0.0689 e. The molecule has 24 unspecified atom stereocenters. The smallest absolute Gasteiger partial charge is 0.0547 e. The first-order valence-corrected chi connectivity index (χ1v) is 41.7. The Morgan fingerprint density at radius 1 is 0.351 bits per heavy atom. The molecule has 0 heterocycles. The third-order valence-corrected chi connectivity index (χ3v) is 39.4. The molecule has 0 saturated heterocycles. The molecule has 428 valence electrons. The first-order valence-electron chi connectivity index (χ1n) is 35.4. The predicted molar refractivity (Wildman–Crippen MR) is 337 cm³/mol. The Kier molecular flexibility index (Phi) is 17.5. The lowest BCUT2D eigenvalue weighted by molar-refractivity contribution is 0.0836. The Hall–Kier alpha value is -1.13. The van der Waals surface area contributed by atoms with E-state index in [2.05, 4.69) is 121 Å². The van der Waals surface area contributed by atoms with Gasteiger partial charge in [-0.15, -0.1) is 0 Å². The van der Waals surface area contributed by atoms with Crippen molar-refractivity contribution in [3.8, 4) is 0 Å². The van der Waals surface area contributed by atoms with Gasteiger partial charge in [0.2, 0.25) is 0 Å². The molecule has 2 aromatic rings. The predicted octanol–water partition coefficient (Wildman–Crippen LogP) is 22.7. The highest BCUT2D eigenvalue weighted by Gasteiger charge is 2.63. The molecule has 0 amide bonds. The molecule has 10 saturated carbocycles. The van der Waals surface area contributed by atoms with Crippen LogP contribution in [0.4, 0.5) is 0 Å². The van der Waals surface area contributed by atoms with E-state index in [1.807, 2.05) is 0 Å². The summed E-state index contributed by atoms with van der Waals surface area (Å²) in [5.74, 6) is 20.7. The van der Waals surface area contributed by atoms with Crippen molar-refractivity contribution in [2.45, 2.75) is 281 Å². The molecule has 12 rings (SSSR count). The lowest BCUT2D eigenvalue weighted by Gasteiger charge is -2.50. The number of rotatable bonds is 15. The number of unbranched alkanes of at least 4 members (excludes halogenated alkanes) is 2. The molecule has 24 atom stereocenters. The van der Waals surface area contributed by atoms with Crippen LogP contribution in [-0.4, -0.2) is 16.1 Å². The van der Waals surface area contributed by atoms with E-state index < -0.39 is 16.1 Å². The summed E-state index contributed by atoms with van der Waals surface area (Å²) in [7, 11) is -3.08. The Morgan fingerprint density at radius 2 is 0.701 bits per heavy atom. The zero-order valence-electron chi connectivity index (χ0n) is 51.7. The number of hydrogen-bond acceptors (Lipinski definition) is 0. The maximum absolute atomic E-state index is 3.03.